The van der Waals surface area contributed by atoms with Gasteiger partial charge in [-0.15, -0.1) is 0 Å². The number of nitrogens with zero attached hydrogens (tertiary/aromatic N) is 5. The number of hydrogen-bond acceptors (Lipinski definition) is 5. The van der Waals surface area contributed by atoms with Crippen LogP contribution in [-0.2, 0) is 0 Å². The van der Waals surface area contributed by atoms with Gasteiger partial charge in [-0.05, 0) is 84.5 Å². The highest BCUT2D eigenvalue weighted by molar-refractivity contribution is 5.77. The van der Waals surface area contributed by atoms with Crippen LogP contribution in [0, 0.1) is 5.41 Å². The van der Waals surface area contributed by atoms with Crippen LogP contribution in [0.4, 0.5) is 0 Å². The molecule has 2 atom stereocenters. The second-order valence-corrected chi connectivity index (χ2v) is 12.2. The van der Waals surface area contributed by atoms with Crippen LogP contribution >= 0.6 is 0 Å². The molecule has 0 aromatic carbocycles. The van der Waals surface area contributed by atoms with Gasteiger partial charge in [-0.1, -0.05) is 74.0 Å². The Balaban J connectivity index is 0. The zero-order valence-corrected chi connectivity index (χ0v) is 25.5. The third-order valence-electron chi connectivity index (χ3n) is 8.05. The van der Waals surface area contributed by atoms with Crippen molar-refractivity contribution in [2.75, 3.05) is 60.4 Å². The first-order chi connectivity index (χ1) is 17.0. The molecular formula is C32H70N6. The van der Waals surface area contributed by atoms with Gasteiger partial charge in [-0.3, -0.25) is 24.6 Å². The first kappa shape index (κ1) is 39.2. The molecule has 0 spiro atoms. The van der Waals surface area contributed by atoms with Crippen molar-refractivity contribution in [3.8, 4) is 0 Å². The van der Waals surface area contributed by atoms with E-state index in [0.717, 1.165) is 12.3 Å². The second-order valence-electron chi connectivity index (χ2n) is 12.2. The Morgan fingerprint density at radius 1 is 0.789 bits per heavy atom. The molecule has 0 amide bonds. The lowest BCUT2D eigenvalue weighted by Crippen LogP contribution is -2.51. The number of amidine groups is 1. The van der Waals surface area contributed by atoms with Crippen LogP contribution in [0.25, 0.3) is 0 Å². The number of rotatable bonds is 2. The number of aliphatic imine (C=N–C) groups is 1. The van der Waals surface area contributed by atoms with Crippen molar-refractivity contribution in [2.45, 2.75) is 126 Å². The predicted octanol–water partition coefficient (Wildman–Crippen LogP) is 6.92. The lowest BCUT2D eigenvalue weighted by atomic mass is 9.85. The third-order valence-corrected chi connectivity index (χ3v) is 8.05. The highest BCUT2D eigenvalue weighted by atomic mass is 15.4. The van der Waals surface area contributed by atoms with Crippen LogP contribution in [0.1, 0.15) is 114 Å². The molecule has 2 N–H and O–H groups in total. The smallest absolute Gasteiger partial charge is 0.0902 e. The van der Waals surface area contributed by atoms with Gasteiger partial charge >= 0.3 is 0 Å². The Hall–Kier alpha value is -0.950. The first-order valence-corrected chi connectivity index (χ1v) is 14.8. The van der Waals surface area contributed by atoms with Crippen LogP contribution in [0.15, 0.2) is 17.1 Å². The quantitative estimate of drug-likeness (QED) is 0.235. The molecule has 2 unspecified atom stereocenters. The summed E-state index contributed by atoms with van der Waals surface area (Å²) in [5.41, 5.74) is 6.72. The Morgan fingerprint density at radius 3 is 1.61 bits per heavy atom. The minimum Gasteiger partial charge on any atom is -0.388 e. The lowest BCUT2D eigenvalue weighted by Gasteiger charge is -2.41. The van der Waals surface area contributed by atoms with Gasteiger partial charge in [0, 0.05) is 33.2 Å². The molecular weight excluding hydrogens is 468 g/mol. The van der Waals surface area contributed by atoms with E-state index in [1.165, 1.54) is 109 Å². The summed E-state index contributed by atoms with van der Waals surface area (Å²) in [7, 11) is 6.19. The molecule has 0 bridgehead atoms. The maximum absolute atomic E-state index is 5.04. The van der Waals surface area contributed by atoms with E-state index in [4.69, 9.17) is 5.73 Å². The summed E-state index contributed by atoms with van der Waals surface area (Å²) in [5.74, 6) is 0.630. The van der Waals surface area contributed by atoms with Crippen LogP contribution in [0.3, 0.4) is 0 Å². The molecule has 0 radical (unpaired) electrons. The van der Waals surface area contributed by atoms with Crippen LogP contribution in [0.2, 0.25) is 0 Å². The van der Waals surface area contributed by atoms with Crippen LogP contribution in [-0.4, -0.2) is 98.2 Å². The van der Waals surface area contributed by atoms with Gasteiger partial charge in [0.05, 0.1) is 18.2 Å². The largest absolute Gasteiger partial charge is 0.388 e. The molecule has 4 rings (SSSR count). The fourth-order valence-corrected chi connectivity index (χ4v) is 5.50. The molecule has 0 saturated carbocycles. The molecule has 4 saturated heterocycles. The average Bonchev–Trinajstić information content (AvgIpc) is 3.19. The molecule has 4 heterocycles. The third kappa shape index (κ3) is 15.0. The summed E-state index contributed by atoms with van der Waals surface area (Å²) in [4.78, 5) is 13.9. The number of fused-ring (bicyclic) bond motifs is 2. The first-order valence-electron chi connectivity index (χ1n) is 14.8. The minimum absolute atomic E-state index is 0. The monoisotopic (exact) mass is 539 g/mol. The normalized spacial score (nSPS) is 24.7. The summed E-state index contributed by atoms with van der Waals surface area (Å²) < 4.78 is 0. The summed E-state index contributed by atoms with van der Waals surface area (Å²) in [6, 6.07) is 0. The van der Waals surface area contributed by atoms with E-state index in [2.05, 4.69) is 73.0 Å². The van der Waals surface area contributed by atoms with E-state index < -0.39 is 0 Å². The van der Waals surface area contributed by atoms with Gasteiger partial charge < -0.3 is 5.73 Å². The molecule has 228 valence electrons. The molecule has 4 aliphatic rings. The molecule has 6 heteroatoms. The van der Waals surface area contributed by atoms with Crippen LogP contribution < -0.4 is 5.73 Å². The molecule has 38 heavy (non-hydrogen) atoms. The van der Waals surface area contributed by atoms with Crippen molar-refractivity contribution < 1.29 is 0 Å². The molecule has 4 aliphatic heterocycles. The Kier molecular flexibility index (Phi) is 21.5. The van der Waals surface area contributed by atoms with Crippen molar-refractivity contribution in [3.05, 3.63) is 12.2 Å². The Labute approximate surface area is 240 Å². The Morgan fingerprint density at radius 2 is 1.21 bits per heavy atom. The van der Waals surface area contributed by atoms with Crippen molar-refractivity contribution in [3.63, 3.8) is 0 Å². The zero-order chi connectivity index (χ0) is 27.1. The minimum atomic E-state index is 0. The van der Waals surface area contributed by atoms with Crippen molar-refractivity contribution >= 4 is 5.84 Å². The van der Waals surface area contributed by atoms with Crippen molar-refractivity contribution in [1.82, 2.24) is 19.6 Å². The fraction of sp³-hybridized carbons (Fsp3) is 0.906. The second kappa shape index (κ2) is 20.9. The summed E-state index contributed by atoms with van der Waals surface area (Å²) in [5, 5.41) is 0. The van der Waals surface area contributed by atoms with Gasteiger partial charge in [-0.25, -0.2) is 0 Å². The topological polar surface area (TPSA) is 51.3 Å². The van der Waals surface area contributed by atoms with Crippen molar-refractivity contribution in [1.29, 1.82) is 0 Å². The lowest BCUT2D eigenvalue weighted by molar-refractivity contribution is 0.0237. The van der Waals surface area contributed by atoms with Crippen LogP contribution in [0.5, 0.6) is 0 Å². The molecule has 6 nitrogen and oxygen atoms in total. The van der Waals surface area contributed by atoms with E-state index in [-0.39, 0.29) is 14.9 Å². The average molecular weight is 539 g/mol. The number of hydrogen-bond donors (Lipinski definition) is 1. The van der Waals surface area contributed by atoms with Gasteiger partial charge in [-0.2, -0.15) is 0 Å². The summed E-state index contributed by atoms with van der Waals surface area (Å²) in [6.07, 6.45) is 15.2. The Bertz CT molecular complexity index is 622. The van der Waals surface area contributed by atoms with Gasteiger partial charge in [0.15, 0.2) is 0 Å². The zero-order valence-electron chi connectivity index (χ0n) is 25.5. The summed E-state index contributed by atoms with van der Waals surface area (Å²) in [6.45, 7) is 22.6. The van der Waals surface area contributed by atoms with Gasteiger partial charge in [0.25, 0.3) is 0 Å². The van der Waals surface area contributed by atoms with Crippen molar-refractivity contribution in [2.24, 2.45) is 16.1 Å². The molecule has 4 fully saturated rings. The van der Waals surface area contributed by atoms with Gasteiger partial charge in [0.1, 0.15) is 0 Å². The standard InChI is InChI=1S/C10H20N2.C9H18.C8H16N2.C3H8N2.2CH4/c1-11-7-5-9-12-8-4-2-3-6-10(11)12;1-6-7-8(2)9(3,4)5;1-9-5-3-7-10-6-2-4-8(9)10;1-3(4)5-2;;/h10H,2-9H2,1H3;2,6-7H2,1,3-5H3;8H,2-7H2,1H3;1-2H3,(H2,4,5);2*1H4. The van der Waals surface area contributed by atoms with E-state index >= 15 is 0 Å². The van der Waals surface area contributed by atoms with E-state index in [1.54, 1.807) is 14.0 Å². The predicted molar refractivity (Wildman–Crippen MR) is 173 cm³/mol. The fourth-order valence-electron chi connectivity index (χ4n) is 5.50. The number of nitrogens with two attached hydrogens (primary N) is 1. The highest BCUT2D eigenvalue weighted by Crippen LogP contribution is 2.26. The maximum atomic E-state index is 5.04. The molecule has 0 aliphatic carbocycles. The summed E-state index contributed by atoms with van der Waals surface area (Å²) >= 11 is 0. The van der Waals surface area contributed by atoms with E-state index in [1.807, 2.05) is 0 Å². The van der Waals surface area contributed by atoms with E-state index in [9.17, 15) is 0 Å². The molecule has 0 aromatic rings. The SMILES string of the molecule is C.C.C=C(CCC)C(C)(C)C.CN1CCCN2CCCC12.CN1CCCN2CCCCCC12.CN=C(C)N. The maximum Gasteiger partial charge on any atom is 0.0902 e. The van der Waals surface area contributed by atoms with Gasteiger partial charge in [0.2, 0.25) is 0 Å². The van der Waals surface area contributed by atoms with E-state index in [0.29, 0.717) is 11.3 Å². The highest BCUT2D eigenvalue weighted by Gasteiger charge is 2.30. The number of allylic oxidation sites excluding steroid dienone is 1. The molecule has 0 aromatic heterocycles.